The highest BCUT2D eigenvalue weighted by molar-refractivity contribution is 7.67. The van der Waals surface area contributed by atoms with Gasteiger partial charge in [0.15, 0.2) is 0 Å². The Kier molecular flexibility index (Phi) is 21.5. The summed E-state index contributed by atoms with van der Waals surface area (Å²) < 4.78 is 44.7. The molecule has 0 bridgehead atoms. The Balaban J connectivity index is -0.000000674. The quantitative estimate of drug-likeness (QED) is 0.316. The van der Waals surface area contributed by atoms with E-state index in [9.17, 15) is 38.3 Å². The molecule has 0 aliphatic carbocycles. The topological polar surface area (TPSA) is 245 Å². The van der Waals surface area contributed by atoms with E-state index in [0.717, 1.165) is 4.57 Å². The van der Waals surface area contributed by atoms with Crippen LogP contribution in [0.2, 0.25) is 0 Å². The number of methoxy groups -OCH3 is 1. The van der Waals surface area contributed by atoms with Crippen LogP contribution in [0.15, 0.2) is 15.8 Å². The number of rotatable bonds is 10. The van der Waals surface area contributed by atoms with Crippen molar-refractivity contribution in [3.05, 3.63) is 32.6 Å². The molecule has 230 valence electrons. The molecule has 1 aliphatic heterocycles. The first-order chi connectivity index (χ1) is 15.5. The summed E-state index contributed by atoms with van der Waals surface area (Å²) in [5.74, 6) is 0. The maximum atomic E-state index is 12.0. The number of phosphoric ester groups is 1. The van der Waals surface area contributed by atoms with Crippen LogP contribution in [-0.2, 0) is 31.7 Å². The molecule has 1 fully saturated rings. The van der Waals surface area contributed by atoms with Crippen LogP contribution in [0.3, 0.4) is 0 Å². The van der Waals surface area contributed by atoms with Gasteiger partial charge < -0.3 is 29.0 Å². The van der Waals surface area contributed by atoms with Gasteiger partial charge in [0.25, 0.3) is 13.4 Å². The van der Waals surface area contributed by atoms with Gasteiger partial charge in [-0.05, 0) is 6.92 Å². The molecular formula is C19H43N2O14P3-2. The number of aromatic nitrogens is 2. The number of hydrogen-bond donors (Lipinski definition) is 3. The van der Waals surface area contributed by atoms with Crippen molar-refractivity contribution >= 4 is 23.8 Å². The summed E-state index contributed by atoms with van der Waals surface area (Å²) in [7, 11) is -15.9. The lowest BCUT2D eigenvalue weighted by Gasteiger charge is -2.30. The van der Waals surface area contributed by atoms with Gasteiger partial charge in [-0.2, -0.15) is 9.42 Å². The second kappa shape index (κ2) is 18.5. The Morgan fingerprint density at radius 2 is 1.71 bits per heavy atom. The Labute approximate surface area is 224 Å². The molecule has 0 radical (unpaired) electrons. The lowest BCUT2D eigenvalue weighted by molar-refractivity contribution is -0.259. The van der Waals surface area contributed by atoms with Crippen molar-refractivity contribution in [3.63, 3.8) is 0 Å². The molecule has 19 heteroatoms. The zero-order valence-corrected chi connectivity index (χ0v) is 21.4. The third-order valence-corrected chi connectivity index (χ3v) is 7.97. The van der Waals surface area contributed by atoms with Crippen molar-refractivity contribution in [1.29, 1.82) is 0 Å². The lowest BCUT2D eigenvalue weighted by atomic mass is 10.2. The molecule has 1 aliphatic rings. The second-order valence-corrected chi connectivity index (χ2v) is 11.3. The fraction of sp³-hybridized carbons (Fsp3) is 0.789. The van der Waals surface area contributed by atoms with Crippen LogP contribution < -0.4 is 25.9 Å². The van der Waals surface area contributed by atoms with Gasteiger partial charge in [0.05, 0.1) is 6.10 Å². The van der Waals surface area contributed by atoms with E-state index in [2.05, 4.69) is 32.0 Å². The van der Waals surface area contributed by atoms with Gasteiger partial charge in [-0.25, -0.2) is 9.11 Å². The van der Waals surface area contributed by atoms with Crippen LogP contribution in [0.4, 0.5) is 0 Å². The molecular weight excluding hydrogens is 573 g/mol. The SMILES string of the molecule is C.C.C.C.CCCC.COC1C[C@H](n2cc(C)c(=O)[nH]c2=O)O[C@@H]1CO[P+]([O-])(O)OP(=O)([O-])OP(=O)([O-])O. The number of ether oxygens (including phenoxy) is 2. The van der Waals surface area contributed by atoms with Gasteiger partial charge in [0.2, 0.25) is 0 Å². The summed E-state index contributed by atoms with van der Waals surface area (Å²) >= 11 is 0. The molecule has 6 atom stereocenters. The van der Waals surface area contributed by atoms with Crippen LogP contribution in [0, 0.1) is 6.92 Å². The Bertz CT molecular complexity index is 1010. The number of phosphoric acid groups is 3. The molecule has 38 heavy (non-hydrogen) atoms. The van der Waals surface area contributed by atoms with Crippen LogP contribution in [-0.4, -0.2) is 45.3 Å². The monoisotopic (exact) mass is 616 g/mol. The fourth-order valence-corrected chi connectivity index (χ4v) is 5.46. The molecule has 16 nitrogen and oxygen atoms in total. The van der Waals surface area contributed by atoms with E-state index >= 15 is 0 Å². The van der Waals surface area contributed by atoms with Crippen LogP contribution in [0.1, 0.15) is 74.6 Å². The molecule has 1 aromatic rings. The standard InChI is InChI=1S/C11H19N2O14P3.C4H10.4CH4/c1-6-4-13(11(15)12-10(6)14)9-3-7(23-2)8(25-9)5-24-29(19,20)27-30(21,22)26-28(16,17)18;1-3-4-2;;;;/h4,7-9H,3,5H2,1-2H3,(H,19,20)(H,21,22)(H,12,14,15)(H2,16,17,18);3-4H2,1-2H3;4*1H4/p-2/t7?,8-,9-;;;;;/m1...../s1. The van der Waals surface area contributed by atoms with E-state index in [0.29, 0.717) is 0 Å². The average molecular weight is 616 g/mol. The predicted molar refractivity (Wildman–Crippen MR) is 138 cm³/mol. The minimum atomic E-state index is -5.96. The lowest BCUT2D eigenvalue weighted by Crippen LogP contribution is -2.33. The normalized spacial score (nSPS) is 22.8. The smallest absolute Gasteiger partial charge is 0.386 e. The van der Waals surface area contributed by atoms with E-state index < -0.39 is 60.1 Å². The van der Waals surface area contributed by atoms with Crippen molar-refractivity contribution in [2.45, 2.75) is 88.2 Å². The maximum absolute atomic E-state index is 12.0. The van der Waals surface area contributed by atoms with Crippen LogP contribution >= 0.6 is 23.8 Å². The van der Waals surface area contributed by atoms with Crippen molar-refractivity contribution in [2.24, 2.45) is 0 Å². The minimum Gasteiger partial charge on any atom is -0.756 e. The molecule has 0 saturated carbocycles. The molecule has 4 unspecified atom stereocenters. The summed E-state index contributed by atoms with van der Waals surface area (Å²) in [6, 6.07) is 0. The molecule has 0 spiro atoms. The third kappa shape index (κ3) is 15.1. The number of H-pyrrole nitrogens is 1. The summed E-state index contributed by atoms with van der Waals surface area (Å²) in [6.45, 7) is 5.03. The van der Waals surface area contributed by atoms with Crippen molar-refractivity contribution in [1.82, 2.24) is 9.55 Å². The predicted octanol–water partition coefficient (Wildman–Crippen LogP) is 1.51. The van der Waals surface area contributed by atoms with Crippen LogP contribution in [0.5, 0.6) is 0 Å². The molecule has 2 rings (SSSR count). The zero-order chi connectivity index (χ0) is 26.3. The number of nitrogens with one attached hydrogen (secondary N) is 1. The largest absolute Gasteiger partial charge is 0.756 e. The fourth-order valence-electron chi connectivity index (χ4n) is 2.53. The zero-order valence-electron chi connectivity index (χ0n) is 18.7. The van der Waals surface area contributed by atoms with Gasteiger partial charge in [0.1, 0.15) is 18.9 Å². The highest BCUT2D eigenvalue weighted by Gasteiger charge is 2.42. The van der Waals surface area contributed by atoms with Gasteiger partial charge in [-0.15, -0.1) is 4.31 Å². The number of hydrogen-bond acceptors (Lipinski definition) is 13. The van der Waals surface area contributed by atoms with Crippen LogP contribution in [0.25, 0.3) is 0 Å². The Morgan fingerprint density at radius 3 is 2.16 bits per heavy atom. The van der Waals surface area contributed by atoms with Gasteiger partial charge >= 0.3 is 21.7 Å². The molecule has 0 amide bonds. The minimum absolute atomic E-state index is 0. The van der Waals surface area contributed by atoms with Crippen molar-refractivity contribution < 1.29 is 56.2 Å². The summed E-state index contributed by atoms with van der Waals surface area (Å²) in [6.07, 6.45) is 1.09. The summed E-state index contributed by atoms with van der Waals surface area (Å²) in [4.78, 5) is 76.7. The van der Waals surface area contributed by atoms with Gasteiger partial charge in [-0.3, -0.25) is 23.5 Å². The summed E-state index contributed by atoms with van der Waals surface area (Å²) in [5, 5.41) is 0. The number of aryl methyl sites for hydroxylation is 1. The van der Waals surface area contributed by atoms with E-state index in [-0.39, 0.29) is 41.7 Å². The van der Waals surface area contributed by atoms with Gasteiger partial charge in [-0.1, -0.05) is 56.4 Å². The number of unbranched alkanes of at least 4 members (excludes halogenated alkanes) is 1. The van der Waals surface area contributed by atoms with E-state index in [1.807, 2.05) is 0 Å². The Hall–Kier alpha value is -0.830. The third-order valence-electron chi connectivity index (χ3n) is 4.25. The molecule has 1 saturated heterocycles. The van der Waals surface area contributed by atoms with Crippen molar-refractivity contribution in [3.8, 4) is 0 Å². The maximum Gasteiger partial charge on any atom is 0.386 e. The number of nitrogens with zero attached hydrogens (tertiary/aromatic N) is 1. The highest BCUT2D eigenvalue weighted by atomic mass is 31.3. The summed E-state index contributed by atoms with van der Waals surface area (Å²) in [5.41, 5.74) is -1.16. The molecule has 0 aromatic carbocycles. The van der Waals surface area contributed by atoms with E-state index in [1.54, 1.807) is 0 Å². The molecule has 3 N–H and O–H groups in total. The first kappa shape index (κ1) is 44.2. The Morgan fingerprint density at radius 1 is 1.18 bits per heavy atom. The van der Waals surface area contributed by atoms with Crippen molar-refractivity contribution in [2.75, 3.05) is 13.7 Å². The van der Waals surface area contributed by atoms with E-state index in [4.69, 9.17) is 14.4 Å². The highest BCUT2D eigenvalue weighted by Crippen LogP contribution is 2.65. The van der Waals surface area contributed by atoms with Gasteiger partial charge in [0, 0.05) is 25.3 Å². The average Bonchev–Trinajstić information content (AvgIpc) is 3.09. The second-order valence-electron chi connectivity index (χ2n) is 6.96. The molecule has 1 aromatic heterocycles. The number of aromatic amines is 1. The first-order valence-corrected chi connectivity index (χ1v) is 14.2. The molecule has 2 heterocycles. The van der Waals surface area contributed by atoms with E-state index in [1.165, 1.54) is 33.1 Å². The first-order valence-electron chi connectivity index (χ1n) is 9.79.